The van der Waals surface area contributed by atoms with E-state index in [-0.39, 0.29) is 17.4 Å². The summed E-state index contributed by atoms with van der Waals surface area (Å²) in [5.74, 6) is -0.692. The van der Waals surface area contributed by atoms with Gasteiger partial charge in [-0.05, 0) is 48.2 Å². The lowest BCUT2D eigenvalue weighted by Crippen LogP contribution is -2.36. The van der Waals surface area contributed by atoms with E-state index in [1.807, 2.05) is 12.1 Å². The molecule has 30 heavy (non-hydrogen) atoms. The zero-order valence-corrected chi connectivity index (χ0v) is 16.4. The average molecular weight is 406 g/mol. The number of Topliss-reactive ketones (excluding diaryl/α,β-unsaturated/α-hetero) is 1. The quantitative estimate of drug-likeness (QED) is 0.477. The second-order valence-electron chi connectivity index (χ2n) is 7.79. The molecule has 5 rings (SSSR count). The normalized spacial score (nSPS) is 24.9. The third-order valence-corrected chi connectivity index (χ3v) is 5.93. The van der Waals surface area contributed by atoms with E-state index < -0.39 is 17.7 Å². The first kappa shape index (κ1) is 18.8. The minimum absolute atomic E-state index is 0.0878. The van der Waals surface area contributed by atoms with Gasteiger partial charge in [-0.25, -0.2) is 0 Å². The van der Waals surface area contributed by atoms with Crippen molar-refractivity contribution in [2.24, 2.45) is 0 Å². The van der Waals surface area contributed by atoms with Gasteiger partial charge in [0.2, 0.25) is 0 Å². The number of rotatable bonds is 4. The second-order valence-corrected chi connectivity index (χ2v) is 7.79. The lowest BCUT2D eigenvalue weighted by atomic mass is 9.95. The van der Waals surface area contributed by atoms with Gasteiger partial charge in [-0.3, -0.25) is 14.6 Å². The summed E-state index contributed by atoms with van der Waals surface area (Å²) in [5.41, 5.74) is 2.25. The Bertz CT molecular complexity index is 1030. The molecule has 3 aliphatic rings. The predicted molar refractivity (Wildman–Crippen MR) is 108 cm³/mol. The number of aliphatic hydroxyl groups is 1. The lowest BCUT2D eigenvalue weighted by Gasteiger charge is -2.27. The third-order valence-electron chi connectivity index (χ3n) is 5.93. The Morgan fingerprint density at radius 1 is 1.23 bits per heavy atom. The monoisotopic (exact) mass is 406 g/mol. The number of ether oxygens (including phenoxy) is 2. The highest BCUT2D eigenvalue weighted by molar-refractivity contribution is 6.46. The molecule has 154 valence electrons. The van der Waals surface area contributed by atoms with Crippen molar-refractivity contribution in [3.63, 3.8) is 0 Å². The van der Waals surface area contributed by atoms with Gasteiger partial charge in [-0.15, -0.1) is 0 Å². The largest absolute Gasteiger partial charge is 0.507 e. The summed E-state index contributed by atoms with van der Waals surface area (Å²) in [6.07, 6.45) is 5.67. The summed E-state index contributed by atoms with van der Waals surface area (Å²) in [5, 5.41) is 11.1. The number of nitrogens with zero attached hydrogens (tertiary/aromatic N) is 2. The fraction of sp³-hybridized carbons (Fsp3) is 0.348. The minimum Gasteiger partial charge on any atom is -0.507 e. The van der Waals surface area contributed by atoms with E-state index in [1.165, 1.54) is 4.90 Å². The molecule has 1 amide bonds. The molecule has 2 unspecified atom stereocenters. The van der Waals surface area contributed by atoms with Gasteiger partial charge in [0.25, 0.3) is 11.7 Å². The van der Waals surface area contributed by atoms with E-state index in [9.17, 15) is 14.7 Å². The lowest BCUT2D eigenvalue weighted by molar-refractivity contribution is -0.140. The maximum absolute atomic E-state index is 13.0. The minimum atomic E-state index is -0.701. The van der Waals surface area contributed by atoms with Crippen LogP contribution >= 0.6 is 0 Å². The Hall–Kier alpha value is -3.19. The van der Waals surface area contributed by atoms with Crippen molar-refractivity contribution in [3.8, 4) is 5.75 Å². The Morgan fingerprint density at radius 3 is 2.90 bits per heavy atom. The van der Waals surface area contributed by atoms with Gasteiger partial charge in [-0.1, -0.05) is 6.07 Å². The van der Waals surface area contributed by atoms with Crippen LogP contribution in [0.3, 0.4) is 0 Å². The molecular formula is C23H22N2O5. The van der Waals surface area contributed by atoms with Crippen molar-refractivity contribution in [2.45, 2.75) is 31.4 Å². The van der Waals surface area contributed by atoms with Crippen molar-refractivity contribution in [3.05, 3.63) is 65.0 Å². The SMILES string of the molecule is O=C1C(=O)N(CC2CCCO2)C(c2cccnc2)/C1=C(/O)c1ccc2c(c1)CCO2. The summed E-state index contributed by atoms with van der Waals surface area (Å²) < 4.78 is 11.2. The van der Waals surface area contributed by atoms with E-state index in [0.29, 0.717) is 30.9 Å². The highest BCUT2D eigenvalue weighted by atomic mass is 16.5. The third kappa shape index (κ3) is 3.15. The van der Waals surface area contributed by atoms with E-state index in [0.717, 1.165) is 30.6 Å². The number of hydrogen-bond donors (Lipinski definition) is 1. The molecule has 2 fully saturated rings. The van der Waals surface area contributed by atoms with Crippen LogP contribution in [0.4, 0.5) is 0 Å². The summed E-state index contributed by atoms with van der Waals surface area (Å²) in [4.78, 5) is 31.6. The number of fused-ring (bicyclic) bond motifs is 1. The number of likely N-dealkylation sites (tertiary alicyclic amines) is 1. The number of aromatic nitrogens is 1. The Labute approximate surface area is 173 Å². The summed E-state index contributed by atoms with van der Waals surface area (Å²) in [7, 11) is 0. The van der Waals surface area contributed by atoms with Gasteiger partial charge in [0.05, 0.1) is 24.3 Å². The number of carbonyl (C=O) groups excluding carboxylic acids is 2. The van der Waals surface area contributed by atoms with Crippen molar-refractivity contribution >= 4 is 17.4 Å². The number of amides is 1. The topological polar surface area (TPSA) is 89.0 Å². The maximum atomic E-state index is 13.0. The summed E-state index contributed by atoms with van der Waals surface area (Å²) in [6.45, 7) is 1.56. The van der Waals surface area contributed by atoms with E-state index in [4.69, 9.17) is 9.47 Å². The number of carbonyl (C=O) groups is 2. The number of benzene rings is 1. The van der Waals surface area contributed by atoms with Gasteiger partial charge in [0.1, 0.15) is 11.5 Å². The number of hydrogen-bond acceptors (Lipinski definition) is 6. The molecule has 1 aromatic heterocycles. The van der Waals surface area contributed by atoms with Crippen molar-refractivity contribution in [1.82, 2.24) is 9.88 Å². The number of pyridine rings is 1. The first-order chi connectivity index (χ1) is 14.6. The maximum Gasteiger partial charge on any atom is 0.295 e. The van der Waals surface area contributed by atoms with Gasteiger partial charge in [-0.2, -0.15) is 0 Å². The Balaban J connectivity index is 1.60. The Morgan fingerprint density at radius 2 is 2.13 bits per heavy atom. The van der Waals surface area contributed by atoms with Crippen molar-refractivity contribution in [2.75, 3.05) is 19.8 Å². The van der Waals surface area contributed by atoms with Crippen LogP contribution in [0.25, 0.3) is 5.76 Å². The first-order valence-corrected chi connectivity index (χ1v) is 10.2. The molecule has 3 aliphatic heterocycles. The van der Waals surface area contributed by atoms with Crippen LogP contribution < -0.4 is 4.74 Å². The molecule has 2 aromatic rings. The van der Waals surface area contributed by atoms with Gasteiger partial charge < -0.3 is 19.5 Å². The molecule has 0 aliphatic carbocycles. The van der Waals surface area contributed by atoms with E-state index in [1.54, 1.807) is 30.6 Å². The molecule has 1 aromatic carbocycles. The molecule has 1 N–H and O–H groups in total. The van der Waals surface area contributed by atoms with Crippen LogP contribution in [0.5, 0.6) is 5.75 Å². The van der Waals surface area contributed by atoms with Crippen LogP contribution in [-0.4, -0.2) is 52.5 Å². The number of ketones is 1. The first-order valence-electron chi connectivity index (χ1n) is 10.2. The van der Waals surface area contributed by atoms with Crippen LogP contribution in [0, 0.1) is 0 Å². The highest BCUT2D eigenvalue weighted by Gasteiger charge is 2.47. The van der Waals surface area contributed by atoms with Gasteiger partial charge >= 0.3 is 0 Å². The molecular weight excluding hydrogens is 384 g/mol. The van der Waals surface area contributed by atoms with E-state index in [2.05, 4.69) is 4.98 Å². The molecule has 2 atom stereocenters. The van der Waals surface area contributed by atoms with Crippen LogP contribution in [0.15, 0.2) is 48.3 Å². The van der Waals surface area contributed by atoms with Crippen LogP contribution in [0.1, 0.15) is 35.6 Å². The van der Waals surface area contributed by atoms with E-state index >= 15 is 0 Å². The smallest absolute Gasteiger partial charge is 0.295 e. The molecule has 4 heterocycles. The average Bonchev–Trinajstić information content (AvgIpc) is 3.50. The molecule has 0 spiro atoms. The zero-order chi connectivity index (χ0) is 20.7. The second kappa shape index (κ2) is 7.57. The molecule has 0 radical (unpaired) electrons. The highest BCUT2D eigenvalue weighted by Crippen LogP contribution is 2.40. The summed E-state index contributed by atoms with van der Waals surface area (Å²) in [6, 6.07) is 8.20. The molecule has 0 saturated carbocycles. The molecule has 0 bridgehead atoms. The molecule has 2 saturated heterocycles. The van der Waals surface area contributed by atoms with Crippen molar-refractivity contribution in [1.29, 1.82) is 0 Å². The van der Waals surface area contributed by atoms with Crippen LogP contribution in [0.2, 0.25) is 0 Å². The van der Waals surface area contributed by atoms with Gasteiger partial charge in [0, 0.05) is 37.5 Å². The van der Waals surface area contributed by atoms with Crippen molar-refractivity contribution < 1.29 is 24.2 Å². The standard InChI is InChI=1S/C23H22N2O5/c26-21(15-5-6-18-14(11-15)7-10-30-18)19-20(16-3-1-8-24-12-16)25(23(28)22(19)27)13-17-4-2-9-29-17/h1,3,5-6,8,11-12,17,20,26H,2,4,7,9-10,13H2/b21-19-. The predicted octanol–water partition coefficient (Wildman–Crippen LogP) is 2.62. The molecule has 7 nitrogen and oxygen atoms in total. The zero-order valence-electron chi connectivity index (χ0n) is 16.4. The summed E-state index contributed by atoms with van der Waals surface area (Å²) >= 11 is 0. The molecule has 7 heteroatoms. The fourth-order valence-corrected chi connectivity index (χ4v) is 4.45. The fourth-order valence-electron chi connectivity index (χ4n) is 4.45. The Kier molecular flexibility index (Phi) is 4.75. The number of aliphatic hydroxyl groups excluding tert-OH is 1. The van der Waals surface area contributed by atoms with Gasteiger partial charge in [0.15, 0.2) is 0 Å². The van der Waals surface area contributed by atoms with Crippen LogP contribution in [-0.2, 0) is 20.7 Å².